The van der Waals surface area contributed by atoms with E-state index < -0.39 is 0 Å². The second-order valence-corrected chi connectivity index (χ2v) is 2.22. The van der Waals surface area contributed by atoms with Crippen LogP contribution >= 0.6 is 0 Å². The first-order valence-corrected chi connectivity index (χ1v) is 3.48. The maximum Gasteiger partial charge on any atom is 0.0748 e. The number of aromatic nitrogens is 1. The largest absolute Gasteiger partial charge is 0.388 e. The Balaban J connectivity index is 2.83. The summed E-state index contributed by atoms with van der Waals surface area (Å²) >= 11 is 0. The van der Waals surface area contributed by atoms with Gasteiger partial charge in [0.05, 0.1) is 6.61 Å². The molecule has 0 spiro atoms. The molecule has 11 heavy (non-hydrogen) atoms. The Morgan fingerprint density at radius 3 is 3.09 bits per heavy atom. The molecule has 3 heteroatoms. The maximum atomic E-state index is 4.99. The number of hydrogen-bond donors (Lipinski definition) is 1. The van der Waals surface area contributed by atoms with Crippen molar-refractivity contribution in [2.45, 2.75) is 6.61 Å². The van der Waals surface area contributed by atoms with Crippen LogP contribution in [0.5, 0.6) is 0 Å². The molecule has 0 aliphatic rings. The summed E-state index contributed by atoms with van der Waals surface area (Å²) < 4.78 is 4.99. The van der Waals surface area contributed by atoms with Crippen molar-refractivity contribution in [1.82, 2.24) is 4.98 Å². The van der Waals surface area contributed by atoms with Gasteiger partial charge in [-0.25, -0.2) is 0 Å². The fourth-order valence-corrected chi connectivity index (χ4v) is 0.942. The van der Waals surface area contributed by atoms with E-state index >= 15 is 0 Å². The number of nitrogens with one attached hydrogen (secondary N) is 1. The molecule has 60 valence electrons. The minimum atomic E-state index is 0.601. The number of rotatable bonds is 3. The Hall–Kier alpha value is -1.09. The Morgan fingerprint density at radius 2 is 2.45 bits per heavy atom. The smallest absolute Gasteiger partial charge is 0.0748 e. The summed E-state index contributed by atoms with van der Waals surface area (Å²) in [6.45, 7) is 0.601. The number of nitrogens with zero attached hydrogens (tertiary/aromatic N) is 1. The van der Waals surface area contributed by atoms with Crippen molar-refractivity contribution < 1.29 is 4.74 Å². The van der Waals surface area contributed by atoms with Gasteiger partial charge in [0.15, 0.2) is 0 Å². The fraction of sp³-hybridized carbons (Fsp3) is 0.375. The predicted octanol–water partition coefficient (Wildman–Crippen LogP) is 1.27. The zero-order valence-electron chi connectivity index (χ0n) is 6.79. The molecule has 0 aliphatic heterocycles. The van der Waals surface area contributed by atoms with Crippen molar-refractivity contribution in [1.29, 1.82) is 0 Å². The van der Waals surface area contributed by atoms with E-state index in [1.165, 1.54) is 0 Å². The highest BCUT2D eigenvalue weighted by atomic mass is 16.5. The number of anilines is 1. The molecule has 0 radical (unpaired) electrons. The van der Waals surface area contributed by atoms with Crippen molar-refractivity contribution >= 4 is 5.69 Å². The summed E-state index contributed by atoms with van der Waals surface area (Å²) in [4.78, 5) is 3.99. The lowest BCUT2D eigenvalue weighted by Gasteiger charge is -2.05. The average molecular weight is 152 g/mol. The van der Waals surface area contributed by atoms with Gasteiger partial charge in [0.1, 0.15) is 0 Å². The van der Waals surface area contributed by atoms with Crippen molar-refractivity contribution in [3.8, 4) is 0 Å². The minimum absolute atomic E-state index is 0.601. The molecule has 0 saturated carbocycles. The number of pyridine rings is 1. The first kappa shape index (κ1) is 8.01. The molecule has 1 aromatic heterocycles. The number of ether oxygens (including phenoxy) is 1. The molecule has 3 nitrogen and oxygen atoms in total. The van der Waals surface area contributed by atoms with Crippen LogP contribution in [-0.4, -0.2) is 19.1 Å². The fourth-order valence-electron chi connectivity index (χ4n) is 0.942. The molecular formula is C8H12N2O. The highest BCUT2D eigenvalue weighted by Crippen LogP contribution is 2.12. The van der Waals surface area contributed by atoms with E-state index in [4.69, 9.17) is 4.74 Å². The van der Waals surface area contributed by atoms with Crippen LogP contribution in [0.2, 0.25) is 0 Å². The normalized spacial score (nSPS) is 9.64. The van der Waals surface area contributed by atoms with Gasteiger partial charge in [-0.15, -0.1) is 0 Å². The van der Waals surface area contributed by atoms with E-state index in [-0.39, 0.29) is 0 Å². The molecular weight excluding hydrogens is 140 g/mol. The predicted molar refractivity (Wildman–Crippen MR) is 44.5 cm³/mol. The van der Waals surface area contributed by atoms with Gasteiger partial charge in [-0.2, -0.15) is 0 Å². The quantitative estimate of drug-likeness (QED) is 0.708. The van der Waals surface area contributed by atoms with E-state index in [1.54, 1.807) is 19.5 Å². The molecule has 1 rings (SSSR count). The molecule has 0 saturated heterocycles. The zero-order chi connectivity index (χ0) is 8.10. The molecule has 1 aromatic rings. The molecule has 0 unspecified atom stereocenters. The molecule has 0 amide bonds. The first-order valence-electron chi connectivity index (χ1n) is 3.48. The second kappa shape index (κ2) is 3.93. The van der Waals surface area contributed by atoms with Gasteiger partial charge in [0.2, 0.25) is 0 Å². The zero-order valence-corrected chi connectivity index (χ0v) is 6.79. The average Bonchev–Trinajstić information content (AvgIpc) is 2.06. The standard InChI is InChI=1S/C8H12N2O/c1-9-8-3-4-10-5-7(8)6-11-2/h3-5H,6H2,1-2H3,(H,9,10). The van der Waals surface area contributed by atoms with E-state index in [2.05, 4.69) is 10.3 Å². The summed E-state index contributed by atoms with van der Waals surface area (Å²) in [5.41, 5.74) is 2.15. The van der Waals surface area contributed by atoms with Crippen molar-refractivity contribution in [3.05, 3.63) is 24.0 Å². The lowest BCUT2D eigenvalue weighted by molar-refractivity contribution is 0.185. The Kier molecular flexibility index (Phi) is 2.86. The summed E-state index contributed by atoms with van der Waals surface area (Å²) in [7, 11) is 3.56. The third-order valence-electron chi connectivity index (χ3n) is 1.47. The van der Waals surface area contributed by atoms with Gasteiger partial charge in [-0.1, -0.05) is 0 Å². The lowest BCUT2D eigenvalue weighted by Crippen LogP contribution is -1.96. The lowest BCUT2D eigenvalue weighted by atomic mass is 10.2. The molecule has 0 bridgehead atoms. The summed E-state index contributed by atoms with van der Waals surface area (Å²) in [6, 6.07) is 1.92. The van der Waals surface area contributed by atoms with Gasteiger partial charge in [0.25, 0.3) is 0 Å². The second-order valence-electron chi connectivity index (χ2n) is 2.22. The SMILES string of the molecule is CNc1ccncc1COC. The van der Waals surface area contributed by atoms with Crippen molar-refractivity contribution in [2.24, 2.45) is 0 Å². The molecule has 1 heterocycles. The van der Waals surface area contributed by atoms with Crippen molar-refractivity contribution in [2.75, 3.05) is 19.5 Å². The molecule has 0 aromatic carbocycles. The monoisotopic (exact) mass is 152 g/mol. The topological polar surface area (TPSA) is 34.2 Å². The van der Waals surface area contributed by atoms with Gasteiger partial charge in [0, 0.05) is 37.8 Å². The van der Waals surface area contributed by atoms with E-state index in [9.17, 15) is 0 Å². The van der Waals surface area contributed by atoms with Crippen LogP contribution in [-0.2, 0) is 11.3 Å². The van der Waals surface area contributed by atoms with E-state index in [0.717, 1.165) is 11.3 Å². The summed E-state index contributed by atoms with van der Waals surface area (Å²) in [6.07, 6.45) is 3.56. The van der Waals surface area contributed by atoms with Gasteiger partial charge in [-0.3, -0.25) is 4.98 Å². The minimum Gasteiger partial charge on any atom is -0.388 e. The van der Waals surface area contributed by atoms with Crippen LogP contribution < -0.4 is 5.32 Å². The van der Waals surface area contributed by atoms with Crippen LogP contribution in [0.15, 0.2) is 18.5 Å². The first-order chi connectivity index (χ1) is 5.38. The Labute approximate surface area is 66.4 Å². The van der Waals surface area contributed by atoms with Crippen LogP contribution in [0.25, 0.3) is 0 Å². The molecule has 0 atom stereocenters. The van der Waals surface area contributed by atoms with Crippen LogP contribution in [0.4, 0.5) is 5.69 Å². The van der Waals surface area contributed by atoms with E-state index in [1.807, 2.05) is 13.1 Å². The van der Waals surface area contributed by atoms with Crippen LogP contribution in [0.1, 0.15) is 5.56 Å². The molecule has 0 fully saturated rings. The van der Waals surface area contributed by atoms with Crippen molar-refractivity contribution in [3.63, 3.8) is 0 Å². The number of hydrogen-bond acceptors (Lipinski definition) is 3. The third kappa shape index (κ3) is 1.91. The maximum absolute atomic E-state index is 4.99. The summed E-state index contributed by atoms with van der Waals surface area (Å²) in [5, 5.41) is 3.06. The summed E-state index contributed by atoms with van der Waals surface area (Å²) in [5.74, 6) is 0. The molecule has 1 N–H and O–H groups in total. The van der Waals surface area contributed by atoms with Crippen LogP contribution in [0.3, 0.4) is 0 Å². The van der Waals surface area contributed by atoms with E-state index in [0.29, 0.717) is 6.61 Å². The Bertz CT molecular complexity index is 225. The van der Waals surface area contributed by atoms with Gasteiger partial charge in [-0.05, 0) is 6.07 Å². The molecule has 0 aliphatic carbocycles. The highest BCUT2D eigenvalue weighted by molar-refractivity contribution is 5.48. The van der Waals surface area contributed by atoms with Gasteiger partial charge < -0.3 is 10.1 Å². The third-order valence-corrected chi connectivity index (χ3v) is 1.47. The Morgan fingerprint density at radius 1 is 1.64 bits per heavy atom. The number of methoxy groups -OCH3 is 1. The van der Waals surface area contributed by atoms with Crippen LogP contribution in [0, 0.1) is 0 Å². The highest BCUT2D eigenvalue weighted by Gasteiger charge is 1.97. The van der Waals surface area contributed by atoms with Gasteiger partial charge >= 0.3 is 0 Å².